The molecule has 0 aliphatic heterocycles. The highest BCUT2D eigenvalue weighted by Crippen LogP contribution is 2.27. The number of aliphatic hydroxyl groups is 1. The molecule has 0 bridgehead atoms. The zero-order valence-corrected chi connectivity index (χ0v) is 11.4. The number of hydrogen-bond acceptors (Lipinski definition) is 4. The van der Waals surface area contributed by atoms with Gasteiger partial charge >= 0.3 is 5.97 Å². The van der Waals surface area contributed by atoms with Crippen LogP contribution in [0.5, 0.6) is 0 Å². The zero-order valence-electron chi connectivity index (χ0n) is 8.92. The number of carbonyl (C=O) groups excluding carboxylic acids is 1. The molecule has 0 fully saturated rings. The van der Waals surface area contributed by atoms with Crippen LogP contribution >= 0.6 is 28.6 Å². The Morgan fingerprint density at radius 3 is 2.47 bits per heavy atom. The third kappa shape index (κ3) is 3.08. The van der Waals surface area contributed by atoms with Crippen LogP contribution in [-0.4, -0.2) is 26.8 Å². The molecule has 0 amide bonds. The average Bonchev–Trinajstić information content (AvgIpc) is 2.26. The molecule has 0 aliphatic rings. The molecule has 92 valence electrons. The average molecular weight is 319 g/mol. The van der Waals surface area contributed by atoms with Crippen molar-refractivity contribution >= 4 is 40.3 Å². The summed E-state index contributed by atoms with van der Waals surface area (Å²) >= 11 is 7.19. The van der Waals surface area contributed by atoms with E-state index in [0.717, 1.165) is 0 Å². The SMILES string of the molecule is CC(Br)C(=O)c1cccc(S)c1C(O)C(=O)O. The van der Waals surface area contributed by atoms with Gasteiger partial charge in [-0.1, -0.05) is 28.1 Å². The molecule has 0 heterocycles. The lowest BCUT2D eigenvalue weighted by Crippen LogP contribution is -2.19. The van der Waals surface area contributed by atoms with Crippen molar-refractivity contribution in [3.63, 3.8) is 0 Å². The highest BCUT2D eigenvalue weighted by Gasteiger charge is 2.26. The molecule has 1 rings (SSSR count). The Hall–Kier alpha value is -0.850. The van der Waals surface area contributed by atoms with Gasteiger partial charge in [0.05, 0.1) is 4.83 Å². The topological polar surface area (TPSA) is 74.6 Å². The fourth-order valence-electron chi connectivity index (χ4n) is 1.39. The molecule has 1 aromatic carbocycles. The van der Waals surface area contributed by atoms with Crippen LogP contribution in [0.15, 0.2) is 23.1 Å². The largest absolute Gasteiger partial charge is 0.479 e. The molecular weight excluding hydrogens is 308 g/mol. The number of halogens is 1. The van der Waals surface area contributed by atoms with E-state index in [2.05, 4.69) is 28.6 Å². The number of carbonyl (C=O) groups is 2. The number of ketones is 1. The zero-order chi connectivity index (χ0) is 13.2. The molecule has 0 aromatic heterocycles. The van der Waals surface area contributed by atoms with Crippen molar-refractivity contribution in [2.45, 2.75) is 22.8 Å². The minimum absolute atomic E-state index is 0.0274. The predicted octanol–water partition coefficient (Wildman–Crippen LogP) is 2.06. The maximum atomic E-state index is 11.9. The standard InChI is InChI=1S/C11H11BrO4S/c1-5(12)9(13)6-3-2-4-7(17)8(6)10(14)11(15)16/h2-5,10,14,17H,1H3,(H,15,16). The molecular formula is C11H11BrO4S. The third-order valence-electron chi connectivity index (χ3n) is 2.22. The molecule has 2 N–H and O–H groups in total. The Kier molecular flexibility index (Phi) is 4.73. The molecule has 0 radical (unpaired) electrons. The number of carboxylic acid groups (broad SMARTS) is 1. The first-order valence-electron chi connectivity index (χ1n) is 4.77. The molecule has 2 unspecified atom stereocenters. The Bertz CT molecular complexity index is 459. The number of aliphatic hydroxyl groups excluding tert-OH is 1. The highest BCUT2D eigenvalue weighted by atomic mass is 79.9. The van der Waals surface area contributed by atoms with Gasteiger partial charge in [-0.3, -0.25) is 4.79 Å². The van der Waals surface area contributed by atoms with Crippen LogP contribution in [0.2, 0.25) is 0 Å². The van der Waals surface area contributed by atoms with Crippen molar-refractivity contribution in [2.75, 3.05) is 0 Å². The monoisotopic (exact) mass is 318 g/mol. The van der Waals surface area contributed by atoms with E-state index in [0.29, 0.717) is 0 Å². The van der Waals surface area contributed by atoms with E-state index in [-0.39, 0.29) is 21.8 Å². The Morgan fingerprint density at radius 2 is 2.00 bits per heavy atom. The summed E-state index contributed by atoms with van der Waals surface area (Å²) in [6.07, 6.45) is -1.76. The molecule has 0 saturated carbocycles. The number of carboxylic acids is 1. The highest BCUT2D eigenvalue weighted by molar-refractivity contribution is 9.10. The van der Waals surface area contributed by atoms with Crippen molar-refractivity contribution < 1.29 is 19.8 Å². The van der Waals surface area contributed by atoms with Crippen LogP contribution in [-0.2, 0) is 4.79 Å². The van der Waals surface area contributed by atoms with Gasteiger partial charge in [-0.2, -0.15) is 0 Å². The van der Waals surface area contributed by atoms with Gasteiger partial charge < -0.3 is 10.2 Å². The summed E-state index contributed by atoms with van der Waals surface area (Å²) in [5.41, 5.74) is 0.191. The normalized spacial score (nSPS) is 14.1. The van der Waals surface area contributed by atoms with Crippen LogP contribution in [0.1, 0.15) is 28.9 Å². The second-order valence-corrected chi connectivity index (χ2v) is 5.31. The summed E-state index contributed by atoms with van der Waals surface area (Å²) in [6.45, 7) is 1.63. The van der Waals surface area contributed by atoms with Gasteiger partial charge in [0.15, 0.2) is 11.9 Å². The summed E-state index contributed by atoms with van der Waals surface area (Å²) in [6, 6.07) is 4.59. The predicted molar refractivity (Wildman–Crippen MR) is 69.0 cm³/mol. The van der Waals surface area contributed by atoms with Gasteiger partial charge in [-0.05, 0) is 13.0 Å². The fraction of sp³-hybridized carbons (Fsp3) is 0.273. The maximum Gasteiger partial charge on any atom is 0.337 e. The van der Waals surface area contributed by atoms with Gasteiger partial charge in [-0.15, -0.1) is 12.6 Å². The van der Waals surface area contributed by atoms with Gasteiger partial charge in [0.1, 0.15) is 0 Å². The lowest BCUT2D eigenvalue weighted by Gasteiger charge is -2.14. The molecule has 4 nitrogen and oxygen atoms in total. The Morgan fingerprint density at radius 1 is 1.41 bits per heavy atom. The van der Waals surface area contributed by atoms with E-state index in [1.54, 1.807) is 13.0 Å². The fourth-order valence-corrected chi connectivity index (χ4v) is 1.97. The second kappa shape index (κ2) is 5.66. The number of Topliss-reactive ketones (excluding diaryl/α,β-unsaturated/α-hetero) is 1. The minimum atomic E-state index is -1.76. The van der Waals surface area contributed by atoms with Gasteiger partial charge in [0.2, 0.25) is 0 Å². The van der Waals surface area contributed by atoms with Crippen LogP contribution in [0, 0.1) is 0 Å². The van der Waals surface area contributed by atoms with E-state index >= 15 is 0 Å². The van der Waals surface area contributed by atoms with Crippen molar-refractivity contribution in [3.8, 4) is 0 Å². The molecule has 0 aliphatic carbocycles. The summed E-state index contributed by atoms with van der Waals surface area (Å²) in [4.78, 5) is 22.5. The van der Waals surface area contributed by atoms with Crippen molar-refractivity contribution in [1.82, 2.24) is 0 Å². The molecule has 0 spiro atoms. The van der Waals surface area contributed by atoms with Crippen molar-refractivity contribution in [3.05, 3.63) is 29.3 Å². The minimum Gasteiger partial charge on any atom is -0.479 e. The molecule has 0 saturated heterocycles. The number of hydrogen-bond donors (Lipinski definition) is 3. The van der Waals surface area contributed by atoms with Crippen molar-refractivity contribution in [1.29, 1.82) is 0 Å². The number of alkyl halides is 1. The summed E-state index contributed by atoms with van der Waals surface area (Å²) in [5, 5.41) is 18.4. The number of benzene rings is 1. The maximum absolute atomic E-state index is 11.9. The number of aliphatic carboxylic acids is 1. The lowest BCUT2D eigenvalue weighted by atomic mass is 9.98. The Labute approximate surface area is 112 Å². The third-order valence-corrected chi connectivity index (χ3v) is 3.02. The smallest absolute Gasteiger partial charge is 0.337 e. The first-order valence-corrected chi connectivity index (χ1v) is 6.13. The Balaban J connectivity index is 3.36. The molecule has 2 atom stereocenters. The van der Waals surface area contributed by atoms with Crippen LogP contribution in [0.3, 0.4) is 0 Å². The first-order chi connectivity index (χ1) is 7.86. The molecule has 1 aromatic rings. The number of thiol groups is 1. The van der Waals surface area contributed by atoms with E-state index < -0.39 is 16.9 Å². The van der Waals surface area contributed by atoms with Gasteiger partial charge in [0.25, 0.3) is 0 Å². The summed E-state index contributed by atoms with van der Waals surface area (Å²) in [7, 11) is 0. The molecule has 6 heteroatoms. The van der Waals surface area contributed by atoms with Crippen LogP contribution < -0.4 is 0 Å². The van der Waals surface area contributed by atoms with E-state index in [1.807, 2.05) is 0 Å². The summed E-state index contributed by atoms with van der Waals surface area (Å²) in [5.74, 6) is -1.71. The van der Waals surface area contributed by atoms with E-state index in [9.17, 15) is 14.7 Å². The van der Waals surface area contributed by atoms with Crippen LogP contribution in [0.4, 0.5) is 0 Å². The number of rotatable bonds is 4. The lowest BCUT2D eigenvalue weighted by molar-refractivity contribution is -0.147. The van der Waals surface area contributed by atoms with E-state index in [1.165, 1.54) is 12.1 Å². The first kappa shape index (κ1) is 14.2. The van der Waals surface area contributed by atoms with Crippen LogP contribution in [0.25, 0.3) is 0 Å². The van der Waals surface area contributed by atoms with E-state index in [4.69, 9.17) is 5.11 Å². The van der Waals surface area contributed by atoms with Gasteiger partial charge in [-0.25, -0.2) is 4.79 Å². The second-order valence-electron chi connectivity index (χ2n) is 3.46. The van der Waals surface area contributed by atoms with Crippen molar-refractivity contribution in [2.24, 2.45) is 0 Å². The van der Waals surface area contributed by atoms with Gasteiger partial charge in [0, 0.05) is 16.0 Å². The molecule has 17 heavy (non-hydrogen) atoms. The quantitative estimate of drug-likeness (QED) is 0.451. The summed E-state index contributed by atoms with van der Waals surface area (Å²) < 4.78 is 0.